The van der Waals surface area contributed by atoms with Crippen molar-refractivity contribution in [1.29, 1.82) is 0 Å². The number of carboxylic acids is 1. The monoisotopic (exact) mass is 327 g/mol. The lowest BCUT2D eigenvalue weighted by molar-refractivity contribution is -0.142. The lowest BCUT2D eigenvalue weighted by Crippen LogP contribution is -2.40. The van der Waals surface area contributed by atoms with E-state index in [1.165, 1.54) is 0 Å². The quantitative estimate of drug-likeness (QED) is 0.809. The summed E-state index contributed by atoms with van der Waals surface area (Å²) in [6, 6.07) is 6.95. The first-order valence-electron chi connectivity index (χ1n) is 6.29. The first kappa shape index (κ1) is 15.7. The van der Waals surface area contributed by atoms with Gasteiger partial charge in [0.05, 0.1) is 0 Å². The third-order valence-electron chi connectivity index (χ3n) is 2.74. The van der Waals surface area contributed by atoms with Crippen LogP contribution in [-0.4, -0.2) is 23.0 Å². The molecule has 1 atom stereocenters. The van der Waals surface area contributed by atoms with E-state index in [-0.39, 0.29) is 5.91 Å². The number of aliphatic carboxylic acids is 1. The fourth-order valence-corrected chi connectivity index (χ4v) is 2.21. The van der Waals surface area contributed by atoms with E-state index in [2.05, 4.69) is 21.2 Å². The van der Waals surface area contributed by atoms with E-state index in [9.17, 15) is 9.59 Å². The molecule has 0 aliphatic heterocycles. The number of rotatable bonds is 7. The van der Waals surface area contributed by atoms with Gasteiger partial charge in [0, 0.05) is 10.9 Å². The molecule has 4 nitrogen and oxygen atoms in total. The van der Waals surface area contributed by atoms with Crippen molar-refractivity contribution in [3.05, 3.63) is 34.3 Å². The number of benzene rings is 1. The fourth-order valence-electron chi connectivity index (χ4n) is 1.76. The lowest BCUT2D eigenvalue weighted by atomic mass is 10.1. The van der Waals surface area contributed by atoms with Gasteiger partial charge in [-0.05, 0) is 30.5 Å². The molecule has 1 rings (SSSR count). The normalized spacial score (nSPS) is 11.9. The Morgan fingerprint density at radius 3 is 2.74 bits per heavy atom. The van der Waals surface area contributed by atoms with Gasteiger partial charge in [0.2, 0.25) is 5.91 Å². The minimum Gasteiger partial charge on any atom is -0.480 e. The van der Waals surface area contributed by atoms with E-state index in [1.807, 2.05) is 31.2 Å². The smallest absolute Gasteiger partial charge is 0.326 e. The Bertz CT molecular complexity index is 448. The second kappa shape index (κ2) is 7.94. The minimum absolute atomic E-state index is 0.221. The van der Waals surface area contributed by atoms with E-state index in [4.69, 9.17) is 5.11 Å². The molecule has 2 N–H and O–H groups in total. The highest BCUT2D eigenvalue weighted by molar-refractivity contribution is 9.10. The van der Waals surface area contributed by atoms with Gasteiger partial charge in [0.1, 0.15) is 6.04 Å². The Balaban J connectivity index is 2.44. The van der Waals surface area contributed by atoms with Crippen molar-refractivity contribution >= 4 is 27.8 Å². The first-order chi connectivity index (χ1) is 9.02. The number of halogens is 1. The number of hydrogen-bond donors (Lipinski definition) is 2. The van der Waals surface area contributed by atoms with Gasteiger partial charge in [0.15, 0.2) is 0 Å². The summed E-state index contributed by atoms with van der Waals surface area (Å²) in [5.41, 5.74) is 1.05. The molecule has 0 saturated heterocycles. The largest absolute Gasteiger partial charge is 0.480 e. The molecule has 0 heterocycles. The number of carboxylic acid groups (broad SMARTS) is 1. The summed E-state index contributed by atoms with van der Waals surface area (Å²) in [5, 5.41) is 11.5. The number of hydrogen-bond acceptors (Lipinski definition) is 2. The maximum atomic E-state index is 11.7. The minimum atomic E-state index is -0.974. The number of carbonyl (C=O) groups is 2. The Hall–Kier alpha value is -1.36. The number of nitrogens with one attached hydrogen (secondary N) is 1. The van der Waals surface area contributed by atoms with Crippen LogP contribution in [0.5, 0.6) is 0 Å². The van der Waals surface area contributed by atoms with Crippen LogP contribution >= 0.6 is 15.9 Å². The Labute approximate surface area is 121 Å². The predicted molar refractivity (Wildman–Crippen MR) is 76.9 cm³/mol. The highest BCUT2D eigenvalue weighted by Gasteiger charge is 2.18. The second-order valence-electron chi connectivity index (χ2n) is 4.38. The zero-order valence-corrected chi connectivity index (χ0v) is 12.4. The standard InChI is InChI=1S/C14H18BrNO3/c1-2-4-12(14(18)19)16-13(17)8-7-10-5-3-6-11(15)9-10/h3,5-6,9,12H,2,4,7-8H2,1H3,(H,16,17)(H,18,19). The van der Waals surface area contributed by atoms with Crippen molar-refractivity contribution in [1.82, 2.24) is 5.32 Å². The average Bonchev–Trinajstić information content (AvgIpc) is 2.36. The topological polar surface area (TPSA) is 66.4 Å². The van der Waals surface area contributed by atoms with Gasteiger partial charge in [-0.1, -0.05) is 41.4 Å². The molecule has 1 amide bonds. The van der Waals surface area contributed by atoms with Crippen molar-refractivity contribution in [3.8, 4) is 0 Å². The first-order valence-corrected chi connectivity index (χ1v) is 7.09. The summed E-state index contributed by atoms with van der Waals surface area (Å²) in [4.78, 5) is 22.6. The summed E-state index contributed by atoms with van der Waals surface area (Å²) in [6.45, 7) is 1.89. The van der Waals surface area contributed by atoms with Crippen molar-refractivity contribution in [2.24, 2.45) is 0 Å². The van der Waals surface area contributed by atoms with Gasteiger partial charge in [-0.15, -0.1) is 0 Å². The van der Waals surface area contributed by atoms with Crippen LogP contribution in [0.3, 0.4) is 0 Å². The average molecular weight is 328 g/mol. The van der Waals surface area contributed by atoms with Gasteiger partial charge in [-0.25, -0.2) is 4.79 Å². The predicted octanol–water partition coefficient (Wildman–Crippen LogP) is 2.75. The fraction of sp³-hybridized carbons (Fsp3) is 0.429. The summed E-state index contributed by atoms with van der Waals surface area (Å²) in [6.07, 6.45) is 2.08. The molecule has 0 aliphatic rings. The van der Waals surface area contributed by atoms with Gasteiger partial charge < -0.3 is 10.4 Å². The van der Waals surface area contributed by atoms with Crippen LogP contribution in [-0.2, 0) is 16.0 Å². The molecule has 104 valence electrons. The van der Waals surface area contributed by atoms with Crippen molar-refractivity contribution in [2.45, 2.75) is 38.6 Å². The van der Waals surface area contributed by atoms with Gasteiger partial charge in [-0.2, -0.15) is 0 Å². The molecule has 19 heavy (non-hydrogen) atoms. The summed E-state index contributed by atoms with van der Waals surface area (Å²) in [5.74, 6) is -1.20. The van der Waals surface area contributed by atoms with Crippen LogP contribution in [0.15, 0.2) is 28.7 Å². The van der Waals surface area contributed by atoms with E-state index >= 15 is 0 Å². The molecular weight excluding hydrogens is 310 g/mol. The zero-order valence-electron chi connectivity index (χ0n) is 10.9. The van der Waals surface area contributed by atoms with E-state index in [1.54, 1.807) is 0 Å². The Morgan fingerprint density at radius 1 is 1.42 bits per heavy atom. The molecule has 0 aliphatic carbocycles. The van der Waals surface area contributed by atoms with E-state index < -0.39 is 12.0 Å². The molecule has 1 aromatic rings. The molecule has 0 aromatic heterocycles. The molecule has 0 bridgehead atoms. The van der Waals surface area contributed by atoms with Crippen LogP contribution in [0.1, 0.15) is 31.7 Å². The van der Waals surface area contributed by atoms with Gasteiger partial charge in [0.25, 0.3) is 0 Å². The van der Waals surface area contributed by atoms with E-state index in [0.29, 0.717) is 19.3 Å². The second-order valence-corrected chi connectivity index (χ2v) is 5.29. The van der Waals surface area contributed by atoms with E-state index in [0.717, 1.165) is 16.5 Å². The van der Waals surface area contributed by atoms with Gasteiger partial charge in [-0.3, -0.25) is 4.79 Å². The van der Waals surface area contributed by atoms with Crippen LogP contribution in [0.25, 0.3) is 0 Å². The molecule has 0 saturated carbocycles. The summed E-state index contributed by atoms with van der Waals surface area (Å²) < 4.78 is 0.972. The number of aryl methyl sites for hydroxylation is 1. The highest BCUT2D eigenvalue weighted by atomic mass is 79.9. The summed E-state index contributed by atoms with van der Waals surface area (Å²) >= 11 is 3.37. The summed E-state index contributed by atoms with van der Waals surface area (Å²) in [7, 11) is 0. The third-order valence-corrected chi connectivity index (χ3v) is 3.23. The van der Waals surface area contributed by atoms with Crippen LogP contribution < -0.4 is 5.32 Å². The molecule has 1 unspecified atom stereocenters. The van der Waals surface area contributed by atoms with Crippen LogP contribution in [0.2, 0.25) is 0 Å². The van der Waals surface area contributed by atoms with Crippen LogP contribution in [0, 0.1) is 0 Å². The van der Waals surface area contributed by atoms with Crippen LogP contribution in [0.4, 0.5) is 0 Å². The van der Waals surface area contributed by atoms with Crippen molar-refractivity contribution in [3.63, 3.8) is 0 Å². The third kappa shape index (κ3) is 5.87. The highest BCUT2D eigenvalue weighted by Crippen LogP contribution is 2.13. The number of amides is 1. The van der Waals surface area contributed by atoms with Crippen molar-refractivity contribution < 1.29 is 14.7 Å². The molecule has 0 spiro atoms. The zero-order chi connectivity index (χ0) is 14.3. The maximum absolute atomic E-state index is 11.7. The maximum Gasteiger partial charge on any atom is 0.326 e. The molecule has 0 fully saturated rings. The molecular formula is C14H18BrNO3. The molecule has 1 aromatic carbocycles. The molecule has 5 heteroatoms. The molecule has 0 radical (unpaired) electrons. The van der Waals surface area contributed by atoms with Crippen molar-refractivity contribution in [2.75, 3.05) is 0 Å². The Kier molecular flexibility index (Phi) is 6.56. The SMILES string of the molecule is CCCC(NC(=O)CCc1cccc(Br)c1)C(=O)O. The number of carbonyl (C=O) groups excluding carboxylic acids is 1. The lowest BCUT2D eigenvalue weighted by Gasteiger charge is -2.13. The Morgan fingerprint density at radius 2 is 2.16 bits per heavy atom. The van der Waals surface area contributed by atoms with Gasteiger partial charge >= 0.3 is 5.97 Å².